The van der Waals surface area contributed by atoms with Crippen molar-refractivity contribution in [1.82, 2.24) is 5.32 Å². The van der Waals surface area contributed by atoms with Crippen molar-refractivity contribution in [3.05, 3.63) is 23.3 Å². The Bertz CT molecular complexity index is 403. The molecule has 15 heavy (non-hydrogen) atoms. The maximum absolute atomic E-state index is 9.63. The van der Waals surface area contributed by atoms with Crippen LogP contribution in [0.2, 0.25) is 0 Å². The summed E-state index contributed by atoms with van der Waals surface area (Å²) in [5, 5.41) is 13.2. The lowest BCUT2D eigenvalue weighted by atomic mass is 9.90. The second kappa shape index (κ2) is 3.14. The molecule has 0 spiro atoms. The Kier molecular flexibility index (Phi) is 1.89. The predicted octanol–water partition coefficient (Wildman–Crippen LogP) is 1.37. The first-order valence-corrected chi connectivity index (χ1v) is 5.60. The monoisotopic (exact) mass is 204 g/mol. The molecule has 2 atom stereocenters. The number of piperidine rings is 1. The summed E-state index contributed by atoms with van der Waals surface area (Å²) in [4.78, 5) is 0. The molecular weight excluding hydrogens is 188 g/mol. The van der Waals surface area contributed by atoms with Gasteiger partial charge in [-0.25, -0.2) is 0 Å². The van der Waals surface area contributed by atoms with E-state index in [1.807, 2.05) is 12.1 Å². The van der Waals surface area contributed by atoms with Crippen molar-refractivity contribution in [3.63, 3.8) is 0 Å². The highest BCUT2D eigenvalue weighted by atomic mass is 16.3. The van der Waals surface area contributed by atoms with Crippen LogP contribution in [0, 0.1) is 0 Å². The molecular formula is C12H16N2O. The Morgan fingerprint density at radius 1 is 1.40 bits per heavy atom. The van der Waals surface area contributed by atoms with Crippen LogP contribution in [-0.4, -0.2) is 17.7 Å². The van der Waals surface area contributed by atoms with Gasteiger partial charge in [-0.1, -0.05) is 0 Å². The van der Waals surface area contributed by atoms with Crippen LogP contribution in [-0.2, 0) is 6.42 Å². The zero-order valence-electron chi connectivity index (χ0n) is 8.66. The van der Waals surface area contributed by atoms with Gasteiger partial charge in [0, 0.05) is 12.0 Å². The predicted molar refractivity (Wildman–Crippen MR) is 60.0 cm³/mol. The van der Waals surface area contributed by atoms with Gasteiger partial charge in [0.2, 0.25) is 0 Å². The number of anilines is 1. The largest absolute Gasteiger partial charge is 0.506 e. The Labute approximate surface area is 89.3 Å². The van der Waals surface area contributed by atoms with E-state index < -0.39 is 0 Å². The lowest BCUT2D eigenvalue weighted by Crippen LogP contribution is -2.37. The van der Waals surface area contributed by atoms with E-state index in [1.165, 1.54) is 24.0 Å². The number of hydrogen-bond acceptors (Lipinski definition) is 3. The highest BCUT2D eigenvalue weighted by molar-refractivity contribution is 5.58. The Morgan fingerprint density at radius 3 is 3.13 bits per heavy atom. The fourth-order valence-corrected chi connectivity index (χ4v) is 2.97. The molecule has 1 aromatic carbocycles. The molecule has 80 valence electrons. The van der Waals surface area contributed by atoms with Gasteiger partial charge in [-0.3, -0.25) is 0 Å². The van der Waals surface area contributed by atoms with Crippen molar-refractivity contribution in [3.8, 4) is 5.75 Å². The highest BCUT2D eigenvalue weighted by Gasteiger charge is 2.34. The molecule has 0 aromatic heterocycles. The summed E-state index contributed by atoms with van der Waals surface area (Å²) in [7, 11) is 0. The minimum Gasteiger partial charge on any atom is -0.506 e. The maximum Gasteiger partial charge on any atom is 0.138 e. The van der Waals surface area contributed by atoms with Gasteiger partial charge < -0.3 is 16.2 Å². The van der Waals surface area contributed by atoms with Crippen LogP contribution in [0.4, 0.5) is 5.69 Å². The third-order valence-electron chi connectivity index (χ3n) is 3.71. The van der Waals surface area contributed by atoms with Gasteiger partial charge in [-0.2, -0.15) is 0 Å². The smallest absolute Gasteiger partial charge is 0.138 e. The number of fused-ring (bicyclic) bond motifs is 3. The molecule has 0 saturated carbocycles. The molecule has 1 aliphatic carbocycles. The van der Waals surface area contributed by atoms with Crippen LogP contribution in [0.15, 0.2) is 12.1 Å². The fourth-order valence-electron chi connectivity index (χ4n) is 2.97. The van der Waals surface area contributed by atoms with Crippen LogP contribution in [0.25, 0.3) is 0 Å². The third-order valence-corrected chi connectivity index (χ3v) is 3.71. The van der Waals surface area contributed by atoms with E-state index in [9.17, 15) is 5.11 Å². The minimum absolute atomic E-state index is 0.236. The van der Waals surface area contributed by atoms with Crippen molar-refractivity contribution < 1.29 is 5.11 Å². The molecule has 3 nitrogen and oxygen atoms in total. The summed E-state index contributed by atoms with van der Waals surface area (Å²) in [6, 6.07) is 4.36. The van der Waals surface area contributed by atoms with E-state index in [4.69, 9.17) is 5.73 Å². The Hall–Kier alpha value is -1.22. The maximum atomic E-state index is 9.63. The molecule has 1 saturated heterocycles. The number of nitrogens with one attached hydrogen (secondary N) is 1. The van der Waals surface area contributed by atoms with E-state index in [0.717, 1.165) is 13.0 Å². The van der Waals surface area contributed by atoms with Crippen LogP contribution < -0.4 is 11.1 Å². The normalized spacial score (nSPS) is 28.5. The van der Waals surface area contributed by atoms with Gasteiger partial charge in [0.05, 0.1) is 5.69 Å². The summed E-state index contributed by atoms with van der Waals surface area (Å²) in [6.45, 7) is 1.12. The highest BCUT2D eigenvalue weighted by Crippen LogP contribution is 2.41. The van der Waals surface area contributed by atoms with Crippen LogP contribution in [0.3, 0.4) is 0 Å². The molecule has 3 rings (SSSR count). The molecule has 0 bridgehead atoms. The first kappa shape index (κ1) is 9.04. The van der Waals surface area contributed by atoms with Gasteiger partial charge in [-0.15, -0.1) is 0 Å². The van der Waals surface area contributed by atoms with Crippen molar-refractivity contribution in [2.45, 2.75) is 31.2 Å². The number of benzene rings is 1. The molecule has 0 amide bonds. The molecule has 1 aliphatic heterocycles. The summed E-state index contributed by atoms with van der Waals surface area (Å²) in [6.07, 6.45) is 3.52. The lowest BCUT2D eigenvalue weighted by Gasteiger charge is -2.27. The van der Waals surface area contributed by atoms with E-state index in [-0.39, 0.29) is 5.75 Å². The molecule has 3 heteroatoms. The number of nitrogen functional groups attached to an aromatic ring is 1. The number of rotatable bonds is 0. The van der Waals surface area contributed by atoms with Gasteiger partial charge in [0.15, 0.2) is 0 Å². The average Bonchev–Trinajstić information content (AvgIpc) is 2.57. The second-order valence-corrected chi connectivity index (χ2v) is 4.62. The third kappa shape index (κ3) is 1.30. The summed E-state index contributed by atoms with van der Waals surface area (Å²) in [5.74, 6) is 0.820. The van der Waals surface area contributed by atoms with Crippen molar-refractivity contribution in [2.75, 3.05) is 12.3 Å². The zero-order valence-corrected chi connectivity index (χ0v) is 8.66. The van der Waals surface area contributed by atoms with Crippen LogP contribution in [0.5, 0.6) is 5.75 Å². The quantitative estimate of drug-likeness (QED) is 0.442. The molecule has 0 unspecified atom stereocenters. The Balaban J connectivity index is 2.04. The average molecular weight is 204 g/mol. The molecule has 1 aromatic rings. The summed E-state index contributed by atoms with van der Waals surface area (Å²) < 4.78 is 0. The molecule has 4 N–H and O–H groups in total. The Morgan fingerprint density at radius 2 is 2.27 bits per heavy atom. The minimum atomic E-state index is 0.236. The molecule has 0 radical (unpaired) electrons. The van der Waals surface area contributed by atoms with Crippen LogP contribution >= 0.6 is 0 Å². The van der Waals surface area contributed by atoms with Gasteiger partial charge in [0.1, 0.15) is 5.75 Å². The number of aromatic hydroxyl groups is 1. The zero-order chi connectivity index (χ0) is 10.4. The second-order valence-electron chi connectivity index (χ2n) is 4.62. The van der Waals surface area contributed by atoms with Gasteiger partial charge >= 0.3 is 0 Å². The van der Waals surface area contributed by atoms with E-state index in [0.29, 0.717) is 17.6 Å². The van der Waals surface area contributed by atoms with Crippen molar-refractivity contribution in [2.24, 2.45) is 0 Å². The van der Waals surface area contributed by atoms with Crippen molar-refractivity contribution in [1.29, 1.82) is 0 Å². The number of phenols is 1. The van der Waals surface area contributed by atoms with Crippen molar-refractivity contribution >= 4 is 5.69 Å². The standard InChI is InChI=1S/C12H16N2O/c13-10-4-7-5-11-8(2-1-3-14-11)9(7)6-12(10)15/h4,6,8,11,14-15H,1-3,5,13H2/t8-,11+/m1/s1. The number of hydrogen-bond donors (Lipinski definition) is 3. The van der Waals surface area contributed by atoms with Crippen LogP contribution in [0.1, 0.15) is 29.9 Å². The van der Waals surface area contributed by atoms with E-state index >= 15 is 0 Å². The molecule has 1 heterocycles. The fraction of sp³-hybridized carbons (Fsp3) is 0.500. The lowest BCUT2D eigenvalue weighted by molar-refractivity contribution is 0.372. The van der Waals surface area contributed by atoms with E-state index in [2.05, 4.69) is 5.32 Å². The number of nitrogens with two attached hydrogens (primary N) is 1. The summed E-state index contributed by atoms with van der Waals surface area (Å²) >= 11 is 0. The first-order chi connectivity index (χ1) is 7.25. The molecule has 1 fully saturated rings. The topological polar surface area (TPSA) is 58.3 Å². The van der Waals surface area contributed by atoms with Gasteiger partial charge in [0.25, 0.3) is 0 Å². The SMILES string of the molecule is Nc1cc2c(cc1O)[C@H]1CCCN[C@H]1C2. The summed E-state index contributed by atoms with van der Waals surface area (Å²) in [5.41, 5.74) is 8.84. The first-order valence-electron chi connectivity index (χ1n) is 5.60. The van der Waals surface area contributed by atoms with Gasteiger partial charge in [-0.05, 0) is 49.1 Å². The van der Waals surface area contributed by atoms with E-state index in [1.54, 1.807) is 0 Å². The number of phenolic OH excluding ortho intramolecular Hbond substituents is 1. The molecule has 2 aliphatic rings.